The molecule has 1 fully saturated rings. The summed E-state index contributed by atoms with van der Waals surface area (Å²) in [6.45, 7) is 11.5. The molecule has 0 aromatic carbocycles. The number of nitrogens with zero attached hydrogens (tertiary/aromatic N) is 2. The first-order valence-electron chi connectivity index (χ1n) is 7.43. The van der Waals surface area contributed by atoms with Gasteiger partial charge in [-0.2, -0.15) is 0 Å². The Kier molecular flexibility index (Phi) is 5.28. The van der Waals surface area contributed by atoms with Gasteiger partial charge in [0.25, 0.3) is 0 Å². The van der Waals surface area contributed by atoms with E-state index >= 15 is 0 Å². The first kappa shape index (κ1) is 14.9. The average Bonchev–Trinajstić information content (AvgIpc) is 2.76. The summed E-state index contributed by atoms with van der Waals surface area (Å²) >= 11 is 1.84. The van der Waals surface area contributed by atoms with Gasteiger partial charge in [-0.3, -0.25) is 4.90 Å². The van der Waals surface area contributed by atoms with Gasteiger partial charge in [0.15, 0.2) is 0 Å². The summed E-state index contributed by atoms with van der Waals surface area (Å²) in [5.41, 5.74) is 1.39. The zero-order valence-electron chi connectivity index (χ0n) is 12.6. The molecule has 0 unspecified atom stereocenters. The van der Waals surface area contributed by atoms with Crippen molar-refractivity contribution in [2.24, 2.45) is 5.92 Å². The van der Waals surface area contributed by atoms with Crippen molar-refractivity contribution in [1.29, 1.82) is 0 Å². The zero-order valence-corrected chi connectivity index (χ0v) is 13.4. The number of hydrogen-bond acceptors (Lipinski definition) is 3. The number of hydrogen-bond donors (Lipinski definition) is 0. The highest BCUT2D eigenvalue weighted by Crippen LogP contribution is 2.32. The zero-order chi connectivity index (χ0) is 13.8. The number of thioether (sulfide) groups is 1. The third-order valence-electron chi connectivity index (χ3n) is 3.46. The molecule has 1 aromatic rings. The van der Waals surface area contributed by atoms with E-state index < -0.39 is 0 Å². The maximum atomic E-state index is 4.61. The summed E-state index contributed by atoms with van der Waals surface area (Å²) < 4.78 is 0. The lowest BCUT2D eigenvalue weighted by atomic mass is 10.1. The number of rotatable bonds is 5. The summed E-state index contributed by atoms with van der Waals surface area (Å²) in [6, 6.07) is 5.06. The van der Waals surface area contributed by atoms with Crippen molar-refractivity contribution in [3.63, 3.8) is 0 Å². The van der Waals surface area contributed by atoms with E-state index in [-0.39, 0.29) is 0 Å². The maximum absolute atomic E-state index is 4.61. The van der Waals surface area contributed by atoms with E-state index in [4.69, 9.17) is 0 Å². The van der Waals surface area contributed by atoms with Crippen molar-refractivity contribution in [2.45, 2.75) is 56.9 Å². The lowest BCUT2D eigenvalue weighted by Crippen LogP contribution is -2.27. The Balaban J connectivity index is 2.04. The average molecular weight is 278 g/mol. The van der Waals surface area contributed by atoms with Gasteiger partial charge >= 0.3 is 0 Å². The molecule has 2 nitrogen and oxygen atoms in total. The van der Waals surface area contributed by atoms with E-state index in [2.05, 4.69) is 55.9 Å². The summed E-state index contributed by atoms with van der Waals surface area (Å²) in [6.07, 6.45) is 4.69. The van der Waals surface area contributed by atoms with Crippen LogP contribution in [0.3, 0.4) is 0 Å². The van der Waals surface area contributed by atoms with Crippen LogP contribution in [0, 0.1) is 5.92 Å². The predicted octanol–water partition coefficient (Wildman–Crippen LogP) is 4.38. The lowest BCUT2D eigenvalue weighted by Gasteiger charge is -2.26. The summed E-state index contributed by atoms with van der Waals surface area (Å²) in [7, 11) is 0. The molecule has 19 heavy (non-hydrogen) atoms. The first-order chi connectivity index (χ1) is 9.06. The van der Waals surface area contributed by atoms with Gasteiger partial charge < -0.3 is 0 Å². The third-order valence-corrected chi connectivity index (χ3v) is 4.42. The van der Waals surface area contributed by atoms with Gasteiger partial charge in [0, 0.05) is 24.0 Å². The first-order valence-corrected chi connectivity index (χ1v) is 8.31. The SMILES string of the molecule is CC(C)CN1CCC[C@@H]1c1ccc(SC(C)C)nc1. The Hall–Kier alpha value is -0.540. The van der Waals surface area contributed by atoms with Crippen LogP contribution in [0.5, 0.6) is 0 Å². The van der Waals surface area contributed by atoms with E-state index in [0.717, 1.165) is 10.9 Å². The molecule has 0 amide bonds. The molecule has 106 valence electrons. The second-order valence-electron chi connectivity index (χ2n) is 6.14. The quantitative estimate of drug-likeness (QED) is 0.744. The van der Waals surface area contributed by atoms with Crippen LogP contribution < -0.4 is 0 Å². The van der Waals surface area contributed by atoms with Gasteiger partial charge in [-0.1, -0.05) is 33.8 Å². The molecule has 0 saturated carbocycles. The Morgan fingerprint density at radius 2 is 2.11 bits per heavy atom. The van der Waals surface area contributed by atoms with Crippen molar-refractivity contribution in [3.05, 3.63) is 23.9 Å². The molecule has 1 atom stereocenters. The summed E-state index contributed by atoms with van der Waals surface area (Å²) in [5.74, 6) is 0.740. The van der Waals surface area contributed by atoms with Crippen molar-refractivity contribution >= 4 is 11.8 Å². The summed E-state index contributed by atoms with van der Waals surface area (Å²) in [5, 5.41) is 1.74. The van der Waals surface area contributed by atoms with E-state index in [0.29, 0.717) is 11.3 Å². The highest BCUT2D eigenvalue weighted by Gasteiger charge is 2.26. The lowest BCUT2D eigenvalue weighted by molar-refractivity contribution is 0.228. The molecular formula is C16H26N2S. The van der Waals surface area contributed by atoms with Gasteiger partial charge in [0.05, 0.1) is 5.03 Å². The minimum atomic E-state index is 0.591. The predicted molar refractivity (Wildman–Crippen MR) is 83.6 cm³/mol. The fraction of sp³-hybridized carbons (Fsp3) is 0.688. The Morgan fingerprint density at radius 3 is 2.68 bits per heavy atom. The van der Waals surface area contributed by atoms with E-state index in [1.54, 1.807) is 0 Å². The highest BCUT2D eigenvalue weighted by molar-refractivity contribution is 7.99. The number of pyridine rings is 1. The molecule has 0 aliphatic carbocycles. The van der Waals surface area contributed by atoms with Crippen LogP contribution in [0.2, 0.25) is 0 Å². The van der Waals surface area contributed by atoms with Crippen molar-refractivity contribution in [2.75, 3.05) is 13.1 Å². The molecule has 0 bridgehead atoms. The molecule has 1 saturated heterocycles. The minimum absolute atomic E-state index is 0.591. The standard InChI is InChI=1S/C16H26N2S/c1-12(2)11-18-9-5-6-15(18)14-7-8-16(17-10-14)19-13(3)4/h7-8,10,12-13,15H,5-6,9,11H2,1-4H3/t15-/m1/s1. The van der Waals surface area contributed by atoms with Crippen molar-refractivity contribution < 1.29 is 0 Å². The Morgan fingerprint density at radius 1 is 1.32 bits per heavy atom. The topological polar surface area (TPSA) is 16.1 Å². The van der Waals surface area contributed by atoms with Crippen LogP contribution in [0.15, 0.2) is 23.4 Å². The van der Waals surface area contributed by atoms with Gasteiger partial charge in [0.1, 0.15) is 0 Å². The second-order valence-corrected chi connectivity index (χ2v) is 7.74. The van der Waals surface area contributed by atoms with Crippen LogP contribution in [-0.2, 0) is 0 Å². The normalized spacial score (nSPS) is 20.6. The fourth-order valence-electron chi connectivity index (χ4n) is 2.79. The molecule has 3 heteroatoms. The Labute approximate surface area is 122 Å². The van der Waals surface area contributed by atoms with Crippen molar-refractivity contribution in [3.8, 4) is 0 Å². The van der Waals surface area contributed by atoms with Crippen LogP contribution in [0.1, 0.15) is 52.1 Å². The van der Waals surface area contributed by atoms with Gasteiger partial charge in [0.2, 0.25) is 0 Å². The molecule has 0 spiro atoms. The molecule has 0 radical (unpaired) electrons. The molecule has 2 rings (SSSR count). The fourth-order valence-corrected chi connectivity index (χ4v) is 3.53. The molecule has 0 N–H and O–H groups in total. The Bertz CT molecular complexity index is 386. The van der Waals surface area contributed by atoms with Gasteiger partial charge in [-0.05, 0) is 36.9 Å². The summed E-state index contributed by atoms with van der Waals surface area (Å²) in [4.78, 5) is 7.24. The van der Waals surface area contributed by atoms with Crippen LogP contribution in [-0.4, -0.2) is 28.2 Å². The van der Waals surface area contributed by atoms with Crippen LogP contribution in [0.25, 0.3) is 0 Å². The smallest absolute Gasteiger partial charge is 0.0962 e. The monoisotopic (exact) mass is 278 g/mol. The third kappa shape index (κ3) is 4.22. The highest BCUT2D eigenvalue weighted by atomic mass is 32.2. The number of likely N-dealkylation sites (tertiary alicyclic amines) is 1. The second kappa shape index (κ2) is 6.76. The molecule has 1 aliphatic rings. The molecular weight excluding hydrogens is 252 g/mol. The molecule has 1 aliphatic heterocycles. The van der Waals surface area contributed by atoms with Gasteiger partial charge in [-0.25, -0.2) is 4.98 Å². The molecule has 1 aromatic heterocycles. The van der Waals surface area contributed by atoms with Crippen molar-refractivity contribution in [1.82, 2.24) is 9.88 Å². The minimum Gasteiger partial charge on any atom is -0.296 e. The van der Waals surface area contributed by atoms with Gasteiger partial charge in [-0.15, -0.1) is 11.8 Å². The largest absolute Gasteiger partial charge is 0.296 e. The van der Waals surface area contributed by atoms with E-state index in [1.807, 2.05) is 11.8 Å². The number of aromatic nitrogens is 1. The van der Waals surface area contributed by atoms with Crippen LogP contribution in [0.4, 0.5) is 0 Å². The van der Waals surface area contributed by atoms with E-state index in [1.165, 1.54) is 31.5 Å². The van der Waals surface area contributed by atoms with Crippen LogP contribution >= 0.6 is 11.8 Å². The molecule has 2 heterocycles. The van der Waals surface area contributed by atoms with E-state index in [9.17, 15) is 0 Å². The maximum Gasteiger partial charge on any atom is 0.0962 e.